The number of fused-ring (bicyclic) bond motifs is 2. The van der Waals surface area contributed by atoms with Crippen LogP contribution in [0.1, 0.15) is 12.4 Å². The third-order valence-electron chi connectivity index (χ3n) is 5.02. The fourth-order valence-corrected chi connectivity index (χ4v) is 4.51. The lowest BCUT2D eigenvalue weighted by molar-refractivity contribution is 0.0722. The summed E-state index contributed by atoms with van der Waals surface area (Å²) in [4.78, 5) is 22.2. The highest BCUT2D eigenvalue weighted by Crippen LogP contribution is 2.29. The molecule has 0 amide bonds. The maximum atomic E-state index is 13.8. The van der Waals surface area contributed by atoms with Gasteiger partial charge in [0.2, 0.25) is 0 Å². The number of hydrogen-bond acceptors (Lipinski definition) is 4. The molecule has 32 heavy (non-hydrogen) atoms. The third kappa shape index (κ3) is 3.54. The number of thioether (sulfide) groups is 1. The highest BCUT2D eigenvalue weighted by molar-refractivity contribution is 7.98. The summed E-state index contributed by atoms with van der Waals surface area (Å²) >= 11 is 1.12. The predicted octanol–water partition coefficient (Wildman–Crippen LogP) is 5.56. The first-order valence-electron chi connectivity index (χ1n) is 9.67. The molecular weight excluding hydrogens is 437 g/mol. The van der Waals surface area contributed by atoms with Crippen LogP contribution in [-0.4, -0.2) is 19.1 Å². The van der Waals surface area contributed by atoms with Crippen molar-refractivity contribution in [3.8, 4) is 5.69 Å². The average molecular weight is 452 g/mol. The van der Waals surface area contributed by atoms with Gasteiger partial charge in [0.25, 0.3) is 5.56 Å². The van der Waals surface area contributed by atoms with Crippen molar-refractivity contribution in [2.75, 3.05) is 0 Å². The van der Waals surface area contributed by atoms with E-state index in [0.717, 1.165) is 16.3 Å². The second kappa shape index (κ2) is 8.16. The van der Waals surface area contributed by atoms with Gasteiger partial charge in [0.15, 0.2) is 5.16 Å². The topological polar surface area (TPSA) is 52.7 Å². The second-order valence-corrected chi connectivity index (χ2v) is 7.92. The molecule has 9 heteroatoms. The molecule has 0 unspecified atom stereocenters. The average Bonchev–Trinajstić information content (AvgIpc) is 3.17. The van der Waals surface area contributed by atoms with Gasteiger partial charge in [-0.3, -0.25) is 13.9 Å². The number of benzene rings is 3. The van der Waals surface area contributed by atoms with Gasteiger partial charge in [-0.25, -0.2) is 14.4 Å². The monoisotopic (exact) mass is 452 g/mol. The van der Waals surface area contributed by atoms with Gasteiger partial charge in [-0.2, -0.15) is 8.78 Å². The Kier molecular flexibility index (Phi) is 5.18. The van der Waals surface area contributed by atoms with Gasteiger partial charge in [0, 0.05) is 0 Å². The molecule has 3 aromatic carbocycles. The van der Waals surface area contributed by atoms with E-state index in [0.29, 0.717) is 32.8 Å². The Morgan fingerprint density at radius 3 is 2.31 bits per heavy atom. The molecule has 2 aromatic heterocycles. The fraction of sp³-hybridized carbons (Fsp3) is 0.0870. The molecule has 0 spiro atoms. The van der Waals surface area contributed by atoms with Gasteiger partial charge in [-0.1, -0.05) is 36.0 Å². The minimum Gasteiger partial charge on any atom is -0.269 e. The Labute approximate surface area is 184 Å². The number of alkyl halides is 2. The first-order chi connectivity index (χ1) is 15.5. The Hall–Kier alpha value is -3.59. The smallest absolute Gasteiger partial charge is 0.269 e. The Morgan fingerprint density at radius 1 is 0.875 bits per heavy atom. The van der Waals surface area contributed by atoms with Crippen LogP contribution < -0.4 is 5.56 Å². The van der Waals surface area contributed by atoms with Crippen LogP contribution in [0.2, 0.25) is 0 Å². The molecule has 5 nitrogen and oxygen atoms in total. The first-order valence-corrected chi connectivity index (χ1v) is 10.7. The van der Waals surface area contributed by atoms with Crippen LogP contribution in [0.3, 0.4) is 0 Å². The molecule has 0 bridgehead atoms. The SMILES string of the molecule is O=c1c2ccccc2nc(SCc2nc3ccccc3n2C(F)F)n1-c1ccc(F)cc1. The van der Waals surface area contributed by atoms with Crippen molar-refractivity contribution >= 4 is 33.7 Å². The van der Waals surface area contributed by atoms with E-state index in [4.69, 9.17) is 0 Å². The van der Waals surface area contributed by atoms with Crippen LogP contribution in [-0.2, 0) is 5.75 Å². The lowest BCUT2D eigenvalue weighted by atomic mass is 10.2. The summed E-state index contributed by atoms with van der Waals surface area (Å²) in [7, 11) is 0. The quantitative estimate of drug-likeness (QED) is 0.259. The maximum Gasteiger partial charge on any atom is 0.320 e. The Morgan fingerprint density at radius 2 is 1.56 bits per heavy atom. The largest absolute Gasteiger partial charge is 0.320 e. The van der Waals surface area contributed by atoms with E-state index in [1.807, 2.05) is 0 Å². The number of imidazole rings is 1. The van der Waals surface area contributed by atoms with Gasteiger partial charge in [-0.15, -0.1) is 0 Å². The number of para-hydroxylation sites is 3. The first kappa shape index (κ1) is 20.3. The number of nitrogens with zero attached hydrogens (tertiary/aromatic N) is 4. The molecule has 0 aliphatic carbocycles. The highest BCUT2D eigenvalue weighted by atomic mass is 32.2. The summed E-state index contributed by atoms with van der Waals surface area (Å²) in [6.45, 7) is -2.76. The number of rotatable bonds is 5. The molecule has 0 atom stereocenters. The fourth-order valence-electron chi connectivity index (χ4n) is 3.57. The van der Waals surface area contributed by atoms with Crippen molar-refractivity contribution in [3.05, 3.63) is 94.8 Å². The summed E-state index contributed by atoms with van der Waals surface area (Å²) in [6, 6.07) is 19.0. The van der Waals surface area contributed by atoms with Gasteiger partial charge < -0.3 is 0 Å². The van der Waals surface area contributed by atoms with Crippen molar-refractivity contribution in [2.24, 2.45) is 0 Å². The molecule has 0 N–H and O–H groups in total. The summed E-state index contributed by atoms with van der Waals surface area (Å²) in [5.41, 5.74) is 1.39. The molecule has 0 aliphatic heterocycles. The van der Waals surface area contributed by atoms with Crippen molar-refractivity contribution in [1.29, 1.82) is 0 Å². The molecule has 5 rings (SSSR count). The van der Waals surface area contributed by atoms with Gasteiger partial charge in [-0.05, 0) is 48.5 Å². The zero-order chi connectivity index (χ0) is 22.2. The maximum absolute atomic E-state index is 13.8. The second-order valence-electron chi connectivity index (χ2n) is 6.98. The van der Waals surface area contributed by atoms with Gasteiger partial charge in [0.05, 0.1) is 33.4 Å². The van der Waals surface area contributed by atoms with Crippen LogP contribution in [0.25, 0.3) is 27.6 Å². The van der Waals surface area contributed by atoms with Crippen molar-refractivity contribution in [3.63, 3.8) is 0 Å². The number of hydrogen-bond donors (Lipinski definition) is 0. The standard InChI is InChI=1S/C23H15F3N4OS/c24-14-9-11-15(12-10-14)29-21(31)16-5-1-2-6-17(16)28-23(29)32-13-20-27-18-7-3-4-8-19(18)30(20)22(25)26/h1-12,22H,13H2. The molecule has 5 aromatic rings. The van der Waals surface area contributed by atoms with E-state index in [9.17, 15) is 18.0 Å². The number of halogens is 3. The lowest BCUT2D eigenvalue weighted by Crippen LogP contribution is -2.21. The molecule has 0 fully saturated rings. The van der Waals surface area contributed by atoms with Gasteiger partial charge in [0.1, 0.15) is 11.6 Å². The van der Waals surface area contributed by atoms with Crippen LogP contribution in [0.4, 0.5) is 13.2 Å². The molecule has 0 radical (unpaired) electrons. The summed E-state index contributed by atoms with van der Waals surface area (Å²) in [6.07, 6.45) is 0. The van der Waals surface area contributed by atoms with E-state index >= 15 is 0 Å². The van der Waals surface area contributed by atoms with Gasteiger partial charge >= 0.3 is 6.55 Å². The number of aromatic nitrogens is 4. The molecule has 0 saturated carbocycles. The predicted molar refractivity (Wildman–Crippen MR) is 118 cm³/mol. The normalized spacial score (nSPS) is 11.6. The summed E-state index contributed by atoms with van der Waals surface area (Å²) in [5, 5.41) is 0.703. The highest BCUT2D eigenvalue weighted by Gasteiger charge is 2.19. The molecule has 2 heterocycles. The lowest BCUT2D eigenvalue weighted by Gasteiger charge is -2.13. The molecule has 160 valence electrons. The zero-order valence-electron chi connectivity index (χ0n) is 16.5. The Balaban J connectivity index is 1.62. The minimum atomic E-state index is -2.76. The third-order valence-corrected chi connectivity index (χ3v) is 5.96. The zero-order valence-corrected chi connectivity index (χ0v) is 17.3. The van der Waals surface area contributed by atoms with Crippen LogP contribution in [0.5, 0.6) is 0 Å². The molecule has 0 aliphatic rings. The van der Waals surface area contributed by atoms with Crippen LogP contribution in [0.15, 0.2) is 82.7 Å². The summed E-state index contributed by atoms with van der Waals surface area (Å²) < 4.78 is 43.3. The van der Waals surface area contributed by atoms with Crippen LogP contribution >= 0.6 is 11.8 Å². The van der Waals surface area contributed by atoms with Crippen LogP contribution in [0, 0.1) is 5.82 Å². The Bertz CT molecular complexity index is 1500. The summed E-state index contributed by atoms with van der Waals surface area (Å²) in [5.74, 6) is -0.208. The van der Waals surface area contributed by atoms with Crippen molar-refractivity contribution < 1.29 is 13.2 Å². The van der Waals surface area contributed by atoms with E-state index in [2.05, 4.69) is 9.97 Å². The molecular formula is C23H15F3N4OS. The van der Waals surface area contributed by atoms with E-state index < -0.39 is 12.4 Å². The minimum absolute atomic E-state index is 0.0605. The van der Waals surface area contributed by atoms with E-state index in [1.165, 1.54) is 28.8 Å². The van der Waals surface area contributed by atoms with E-state index in [-0.39, 0.29) is 17.1 Å². The molecule has 0 saturated heterocycles. The van der Waals surface area contributed by atoms with Crippen molar-refractivity contribution in [2.45, 2.75) is 17.5 Å². The van der Waals surface area contributed by atoms with Crippen molar-refractivity contribution in [1.82, 2.24) is 19.1 Å². The van der Waals surface area contributed by atoms with E-state index in [1.54, 1.807) is 48.5 Å².